The van der Waals surface area contributed by atoms with Crippen LogP contribution >= 0.6 is 11.3 Å². The minimum absolute atomic E-state index is 0.897. The highest BCUT2D eigenvalue weighted by Crippen LogP contribution is 2.14. The molecule has 0 saturated carbocycles. The van der Waals surface area contributed by atoms with E-state index in [0.29, 0.717) is 0 Å². The molecule has 0 fully saturated rings. The first-order valence-corrected chi connectivity index (χ1v) is 6.83. The van der Waals surface area contributed by atoms with E-state index in [1.807, 2.05) is 49.5 Å². The minimum Gasteiger partial charge on any atom is -0.318 e. The van der Waals surface area contributed by atoms with Crippen molar-refractivity contribution in [1.29, 1.82) is 0 Å². The third-order valence-electron chi connectivity index (χ3n) is 2.86. The van der Waals surface area contributed by atoms with Gasteiger partial charge < -0.3 is 4.57 Å². The fraction of sp³-hybridized carbons (Fsp3) is 0.0667. The van der Waals surface area contributed by atoms with Crippen LogP contribution in [0.3, 0.4) is 0 Å². The summed E-state index contributed by atoms with van der Waals surface area (Å²) in [6.45, 7) is 0. The number of thiazole rings is 1. The Balaban J connectivity index is 1.98. The van der Waals surface area contributed by atoms with Crippen LogP contribution in [-0.2, 0) is 7.05 Å². The van der Waals surface area contributed by atoms with Crippen molar-refractivity contribution in [3.05, 3.63) is 65.0 Å². The molecular weight excluding hydrogens is 254 g/mol. The summed E-state index contributed by atoms with van der Waals surface area (Å²) in [5, 5.41) is 8.45. The molecule has 3 aromatic rings. The van der Waals surface area contributed by atoms with Crippen molar-refractivity contribution < 1.29 is 0 Å². The Kier molecular flexibility index (Phi) is 3.25. The molecule has 0 radical (unpaired) electrons. The van der Waals surface area contributed by atoms with E-state index in [4.69, 9.17) is 0 Å². The standard InChI is InChI=1S/C15H13N3S/c1-18-13-9-5-6-10-14(13)19-15(18)17-16-11-12-7-3-2-4-8-12/h2-11H,1H3. The van der Waals surface area contributed by atoms with Crippen molar-refractivity contribution in [2.75, 3.05) is 0 Å². The fourth-order valence-corrected chi connectivity index (χ4v) is 2.84. The summed E-state index contributed by atoms with van der Waals surface area (Å²) >= 11 is 1.64. The van der Waals surface area contributed by atoms with E-state index in [2.05, 4.69) is 26.9 Å². The topological polar surface area (TPSA) is 29.6 Å². The average Bonchev–Trinajstić information content (AvgIpc) is 2.78. The highest BCUT2D eigenvalue weighted by molar-refractivity contribution is 7.16. The molecule has 0 atom stereocenters. The maximum absolute atomic E-state index is 4.29. The molecule has 94 valence electrons. The van der Waals surface area contributed by atoms with Crippen LogP contribution in [0.4, 0.5) is 0 Å². The second-order valence-electron chi connectivity index (χ2n) is 4.17. The molecule has 0 aliphatic heterocycles. The molecule has 1 heterocycles. The third kappa shape index (κ3) is 2.48. The average molecular weight is 267 g/mol. The Morgan fingerprint density at radius 1 is 1.00 bits per heavy atom. The van der Waals surface area contributed by atoms with Gasteiger partial charge in [-0.25, -0.2) is 0 Å². The molecule has 3 rings (SSSR count). The molecule has 0 amide bonds. The maximum Gasteiger partial charge on any atom is 0.211 e. The van der Waals surface area contributed by atoms with Gasteiger partial charge in [-0.2, -0.15) is 5.10 Å². The van der Waals surface area contributed by atoms with E-state index in [1.54, 1.807) is 17.6 Å². The molecule has 0 spiro atoms. The number of fused-ring (bicyclic) bond motifs is 1. The Bertz CT molecular complexity index is 782. The number of hydrogen-bond donors (Lipinski definition) is 0. The molecule has 0 unspecified atom stereocenters. The third-order valence-corrected chi connectivity index (χ3v) is 3.97. The SMILES string of the molecule is Cn1c(=NN=Cc2ccccc2)sc2ccccc21. The van der Waals surface area contributed by atoms with Gasteiger partial charge in [-0.05, 0) is 17.7 Å². The van der Waals surface area contributed by atoms with Crippen LogP contribution in [-0.4, -0.2) is 10.8 Å². The van der Waals surface area contributed by atoms with Crippen molar-refractivity contribution in [1.82, 2.24) is 4.57 Å². The number of para-hydroxylation sites is 1. The van der Waals surface area contributed by atoms with Gasteiger partial charge in [0.2, 0.25) is 4.80 Å². The largest absolute Gasteiger partial charge is 0.318 e. The van der Waals surface area contributed by atoms with Crippen molar-refractivity contribution in [3.8, 4) is 0 Å². The van der Waals surface area contributed by atoms with Gasteiger partial charge in [0.1, 0.15) is 0 Å². The molecular formula is C15H13N3S. The first-order valence-electron chi connectivity index (χ1n) is 6.01. The van der Waals surface area contributed by atoms with E-state index >= 15 is 0 Å². The lowest BCUT2D eigenvalue weighted by Crippen LogP contribution is -2.08. The Labute approximate surface area is 115 Å². The van der Waals surface area contributed by atoms with Gasteiger partial charge in [0.05, 0.1) is 16.4 Å². The van der Waals surface area contributed by atoms with Crippen molar-refractivity contribution in [2.45, 2.75) is 0 Å². The fourth-order valence-electron chi connectivity index (χ4n) is 1.86. The monoisotopic (exact) mass is 267 g/mol. The lowest BCUT2D eigenvalue weighted by molar-refractivity contribution is 0.889. The van der Waals surface area contributed by atoms with Gasteiger partial charge in [0.15, 0.2) is 0 Å². The van der Waals surface area contributed by atoms with Crippen LogP contribution in [0, 0.1) is 0 Å². The minimum atomic E-state index is 0.897. The molecule has 3 nitrogen and oxygen atoms in total. The van der Waals surface area contributed by atoms with Crippen LogP contribution < -0.4 is 4.80 Å². The Morgan fingerprint density at radius 3 is 2.53 bits per heavy atom. The highest BCUT2D eigenvalue weighted by atomic mass is 32.1. The van der Waals surface area contributed by atoms with Crippen LogP contribution in [0.5, 0.6) is 0 Å². The molecule has 1 aromatic heterocycles. The zero-order valence-electron chi connectivity index (χ0n) is 10.5. The zero-order valence-corrected chi connectivity index (χ0v) is 11.3. The van der Waals surface area contributed by atoms with Gasteiger partial charge in [-0.3, -0.25) is 0 Å². The lowest BCUT2D eigenvalue weighted by atomic mass is 10.2. The molecule has 0 N–H and O–H groups in total. The second kappa shape index (κ2) is 5.20. The van der Waals surface area contributed by atoms with E-state index in [1.165, 1.54) is 10.2 Å². The van der Waals surface area contributed by atoms with E-state index in [0.717, 1.165) is 10.4 Å². The molecule has 0 aliphatic rings. The molecule has 4 heteroatoms. The molecule has 0 saturated heterocycles. The van der Waals surface area contributed by atoms with Gasteiger partial charge in [0, 0.05) is 7.05 Å². The number of aromatic nitrogens is 1. The molecule has 2 aromatic carbocycles. The number of rotatable bonds is 2. The van der Waals surface area contributed by atoms with Gasteiger partial charge in [-0.1, -0.05) is 53.8 Å². The van der Waals surface area contributed by atoms with Gasteiger partial charge in [-0.15, -0.1) is 5.10 Å². The first kappa shape index (κ1) is 11.9. The summed E-state index contributed by atoms with van der Waals surface area (Å²) in [5.41, 5.74) is 2.23. The maximum atomic E-state index is 4.29. The Morgan fingerprint density at radius 2 is 1.74 bits per heavy atom. The quantitative estimate of drug-likeness (QED) is 0.504. The van der Waals surface area contributed by atoms with Gasteiger partial charge in [0.25, 0.3) is 0 Å². The summed E-state index contributed by atoms with van der Waals surface area (Å²) in [7, 11) is 2.01. The zero-order chi connectivity index (χ0) is 13.1. The van der Waals surface area contributed by atoms with E-state index in [-0.39, 0.29) is 0 Å². The summed E-state index contributed by atoms with van der Waals surface area (Å²) in [5.74, 6) is 0. The van der Waals surface area contributed by atoms with Crippen molar-refractivity contribution >= 4 is 27.8 Å². The van der Waals surface area contributed by atoms with Crippen LogP contribution in [0.15, 0.2) is 64.8 Å². The number of hydrogen-bond acceptors (Lipinski definition) is 3. The summed E-state index contributed by atoms with van der Waals surface area (Å²) in [6, 6.07) is 18.2. The van der Waals surface area contributed by atoms with E-state index in [9.17, 15) is 0 Å². The smallest absolute Gasteiger partial charge is 0.211 e. The predicted octanol–water partition coefficient (Wildman–Crippen LogP) is 3.17. The summed E-state index contributed by atoms with van der Waals surface area (Å²) < 4.78 is 3.28. The number of aryl methyl sites for hydroxylation is 1. The normalized spacial score (nSPS) is 12.6. The van der Waals surface area contributed by atoms with Gasteiger partial charge >= 0.3 is 0 Å². The number of nitrogens with zero attached hydrogens (tertiary/aromatic N) is 3. The van der Waals surface area contributed by atoms with Crippen LogP contribution in [0.2, 0.25) is 0 Å². The second-order valence-corrected chi connectivity index (χ2v) is 5.18. The molecule has 0 aliphatic carbocycles. The van der Waals surface area contributed by atoms with Crippen molar-refractivity contribution in [3.63, 3.8) is 0 Å². The summed E-state index contributed by atoms with van der Waals surface area (Å²) in [6.07, 6.45) is 1.77. The van der Waals surface area contributed by atoms with Crippen LogP contribution in [0.25, 0.3) is 10.2 Å². The summed E-state index contributed by atoms with van der Waals surface area (Å²) in [4.78, 5) is 0.897. The van der Waals surface area contributed by atoms with Crippen molar-refractivity contribution in [2.24, 2.45) is 17.3 Å². The lowest BCUT2D eigenvalue weighted by Gasteiger charge is -1.92. The Hall–Kier alpha value is -2.20. The van der Waals surface area contributed by atoms with E-state index < -0.39 is 0 Å². The number of benzene rings is 2. The highest BCUT2D eigenvalue weighted by Gasteiger charge is 2.00. The molecule has 19 heavy (non-hydrogen) atoms. The molecule has 0 bridgehead atoms. The first-order chi connectivity index (χ1) is 9.34. The predicted molar refractivity (Wildman–Crippen MR) is 80.4 cm³/mol. The van der Waals surface area contributed by atoms with Crippen LogP contribution in [0.1, 0.15) is 5.56 Å².